The van der Waals surface area contributed by atoms with Crippen LogP contribution in [0.15, 0.2) is 42.5 Å². The molecule has 120 valence electrons. The summed E-state index contributed by atoms with van der Waals surface area (Å²) in [5.74, 6) is 0.183. The van der Waals surface area contributed by atoms with Gasteiger partial charge in [0.15, 0.2) is 0 Å². The Morgan fingerprint density at radius 1 is 1.17 bits per heavy atom. The summed E-state index contributed by atoms with van der Waals surface area (Å²) in [6.07, 6.45) is 0.961. The molecule has 1 aliphatic rings. The second-order valence-corrected chi connectivity index (χ2v) is 6.53. The molecule has 0 saturated carbocycles. The molecule has 3 rings (SSSR count). The van der Waals surface area contributed by atoms with Crippen LogP contribution < -0.4 is 4.90 Å². The van der Waals surface area contributed by atoms with Gasteiger partial charge < -0.3 is 4.90 Å². The predicted molar refractivity (Wildman–Crippen MR) is 94.7 cm³/mol. The molecule has 0 saturated heterocycles. The molecule has 2 aromatic carbocycles. The SMILES string of the molecule is Cc1ccc(CN(C)CC(=O)N2CCc3ccccc32)c(C)c1. The lowest BCUT2D eigenvalue weighted by molar-refractivity contribution is -0.119. The number of hydrogen-bond acceptors (Lipinski definition) is 2. The van der Waals surface area contributed by atoms with Gasteiger partial charge in [-0.3, -0.25) is 9.69 Å². The van der Waals surface area contributed by atoms with Crippen LogP contribution in [0.5, 0.6) is 0 Å². The van der Waals surface area contributed by atoms with E-state index in [1.54, 1.807) is 0 Å². The average Bonchev–Trinajstić information content (AvgIpc) is 2.94. The van der Waals surface area contributed by atoms with Crippen molar-refractivity contribution in [3.63, 3.8) is 0 Å². The van der Waals surface area contributed by atoms with Crippen molar-refractivity contribution in [2.24, 2.45) is 0 Å². The van der Waals surface area contributed by atoms with E-state index < -0.39 is 0 Å². The third-order valence-electron chi connectivity index (χ3n) is 4.53. The van der Waals surface area contributed by atoms with Crippen LogP contribution in [0.3, 0.4) is 0 Å². The number of aryl methyl sites for hydroxylation is 2. The summed E-state index contributed by atoms with van der Waals surface area (Å²) in [6, 6.07) is 14.7. The van der Waals surface area contributed by atoms with E-state index >= 15 is 0 Å². The molecule has 0 N–H and O–H groups in total. The zero-order valence-electron chi connectivity index (χ0n) is 14.2. The topological polar surface area (TPSA) is 23.6 Å². The van der Waals surface area contributed by atoms with Gasteiger partial charge in [0.25, 0.3) is 0 Å². The Morgan fingerprint density at radius 3 is 2.74 bits per heavy atom. The number of nitrogens with zero attached hydrogens (tertiary/aromatic N) is 2. The van der Waals surface area contributed by atoms with Crippen molar-refractivity contribution < 1.29 is 4.79 Å². The Hall–Kier alpha value is -2.13. The summed E-state index contributed by atoms with van der Waals surface area (Å²) in [4.78, 5) is 16.7. The number of carbonyl (C=O) groups is 1. The average molecular weight is 308 g/mol. The molecule has 0 spiro atoms. The van der Waals surface area contributed by atoms with Crippen LogP contribution in [0, 0.1) is 13.8 Å². The lowest BCUT2D eigenvalue weighted by atomic mass is 10.1. The van der Waals surface area contributed by atoms with Crippen LogP contribution in [0.1, 0.15) is 22.3 Å². The molecule has 2 aromatic rings. The van der Waals surface area contributed by atoms with Crippen molar-refractivity contribution in [3.8, 4) is 0 Å². The van der Waals surface area contributed by atoms with E-state index in [9.17, 15) is 4.79 Å². The van der Waals surface area contributed by atoms with Crippen LogP contribution in [-0.2, 0) is 17.8 Å². The van der Waals surface area contributed by atoms with Crippen molar-refractivity contribution >= 4 is 11.6 Å². The van der Waals surface area contributed by atoms with E-state index in [1.165, 1.54) is 22.3 Å². The molecule has 0 fully saturated rings. The minimum Gasteiger partial charge on any atom is -0.311 e. The third kappa shape index (κ3) is 3.45. The number of benzene rings is 2. The molecule has 0 atom stereocenters. The highest BCUT2D eigenvalue weighted by atomic mass is 16.2. The fourth-order valence-electron chi connectivity index (χ4n) is 3.28. The van der Waals surface area contributed by atoms with Crippen molar-refractivity contribution in [1.82, 2.24) is 4.90 Å². The van der Waals surface area contributed by atoms with Gasteiger partial charge in [0.05, 0.1) is 6.54 Å². The molecule has 0 aromatic heterocycles. The van der Waals surface area contributed by atoms with E-state index in [4.69, 9.17) is 0 Å². The maximum atomic E-state index is 12.6. The number of para-hydroxylation sites is 1. The summed E-state index contributed by atoms with van der Waals surface area (Å²) >= 11 is 0. The minimum absolute atomic E-state index is 0.183. The normalized spacial score (nSPS) is 13.5. The molecular weight excluding hydrogens is 284 g/mol. The largest absolute Gasteiger partial charge is 0.311 e. The number of likely N-dealkylation sites (N-methyl/N-ethyl adjacent to an activating group) is 1. The number of fused-ring (bicyclic) bond motifs is 1. The summed E-state index contributed by atoms with van der Waals surface area (Å²) in [7, 11) is 2.01. The molecule has 0 aliphatic carbocycles. The molecular formula is C20H24N2O. The first-order valence-corrected chi connectivity index (χ1v) is 8.17. The molecule has 3 heteroatoms. The van der Waals surface area contributed by atoms with E-state index in [0.29, 0.717) is 6.54 Å². The Labute approximate surface area is 138 Å². The van der Waals surface area contributed by atoms with Crippen molar-refractivity contribution in [2.75, 3.05) is 25.0 Å². The van der Waals surface area contributed by atoms with Gasteiger partial charge in [-0.15, -0.1) is 0 Å². The molecule has 1 heterocycles. The van der Waals surface area contributed by atoms with Crippen LogP contribution in [-0.4, -0.2) is 30.9 Å². The van der Waals surface area contributed by atoms with Gasteiger partial charge in [0.2, 0.25) is 5.91 Å². The van der Waals surface area contributed by atoms with E-state index in [1.807, 2.05) is 30.1 Å². The third-order valence-corrected chi connectivity index (χ3v) is 4.53. The van der Waals surface area contributed by atoms with Gasteiger partial charge in [-0.05, 0) is 50.1 Å². The Bertz CT molecular complexity index is 723. The van der Waals surface area contributed by atoms with Gasteiger partial charge in [-0.1, -0.05) is 42.0 Å². The van der Waals surface area contributed by atoms with E-state index in [2.05, 4.69) is 43.0 Å². The smallest absolute Gasteiger partial charge is 0.241 e. The van der Waals surface area contributed by atoms with Gasteiger partial charge in [-0.25, -0.2) is 0 Å². The lowest BCUT2D eigenvalue weighted by Gasteiger charge is -2.22. The Kier molecular flexibility index (Phi) is 4.49. The quantitative estimate of drug-likeness (QED) is 0.865. The zero-order chi connectivity index (χ0) is 16.4. The zero-order valence-corrected chi connectivity index (χ0v) is 14.2. The number of amides is 1. The van der Waals surface area contributed by atoms with E-state index in [0.717, 1.165) is 25.2 Å². The molecule has 1 aliphatic heterocycles. The molecule has 3 nitrogen and oxygen atoms in total. The molecule has 0 unspecified atom stereocenters. The predicted octanol–water partition coefficient (Wildman–Crippen LogP) is 3.32. The highest BCUT2D eigenvalue weighted by Crippen LogP contribution is 2.27. The second kappa shape index (κ2) is 6.55. The fourth-order valence-corrected chi connectivity index (χ4v) is 3.28. The highest BCUT2D eigenvalue weighted by Gasteiger charge is 2.24. The summed E-state index contributed by atoms with van der Waals surface area (Å²) in [5.41, 5.74) is 6.21. The second-order valence-electron chi connectivity index (χ2n) is 6.53. The van der Waals surface area contributed by atoms with E-state index in [-0.39, 0.29) is 5.91 Å². The van der Waals surface area contributed by atoms with Gasteiger partial charge >= 0.3 is 0 Å². The van der Waals surface area contributed by atoms with Gasteiger partial charge in [0, 0.05) is 18.8 Å². The number of carbonyl (C=O) groups excluding carboxylic acids is 1. The summed E-state index contributed by atoms with van der Waals surface area (Å²) < 4.78 is 0. The monoisotopic (exact) mass is 308 g/mol. The first-order valence-electron chi connectivity index (χ1n) is 8.17. The van der Waals surface area contributed by atoms with Crippen LogP contribution in [0.25, 0.3) is 0 Å². The van der Waals surface area contributed by atoms with Crippen molar-refractivity contribution in [3.05, 3.63) is 64.7 Å². The summed E-state index contributed by atoms with van der Waals surface area (Å²) in [5, 5.41) is 0. The molecule has 1 amide bonds. The Morgan fingerprint density at radius 2 is 1.96 bits per heavy atom. The van der Waals surface area contributed by atoms with Gasteiger partial charge in [0.1, 0.15) is 0 Å². The van der Waals surface area contributed by atoms with Crippen LogP contribution >= 0.6 is 0 Å². The number of rotatable bonds is 4. The van der Waals surface area contributed by atoms with Crippen LogP contribution in [0.4, 0.5) is 5.69 Å². The first kappa shape index (κ1) is 15.8. The standard InChI is InChI=1S/C20H24N2O/c1-15-8-9-18(16(2)12-15)13-21(3)14-20(23)22-11-10-17-6-4-5-7-19(17)22/h4-9,12H,10-11,13-14H2,1-3H3. The molecule has 23 heavy (non-hydrogen) atoms. The minimum atomic E-state index is 0.183. The van der Waals surface area contributed by atoms with Gasteiger partial charge in [-0.2, -0.15) is 0 Å². The Balaban J connectivity index is 1.64. The van der Waals surface area contributed by atoms with Crippen LogP contribution in [0.2, 0.25) is 0 Å². The highest BCUT2D eigenvalue weighted by molar-refractivity contribution is 5.96. The first-order chi connectivity index (χ1) is 11.0. The van der Waals surface area contributed by atoms with Crippen molar-refractivity contribution in [1.29, 1.82) is 0 Å². The lowest BCUT2D eigenvalue weighted by Crippen LogP contribution is -2.37. The summed E-state index contributed by atoms with van der Waals surface area (Å²) in [6.45, 7) is 6.29. The molecule has 0 radical (unpaired) electrons. The molecule has 0 bridgehead atoms. The van der Waals surface area contributed by atoms with Crippen molar-refractivity contribution in [2.45, 2.75) is 26.8 Å². The maximum absolute atomic E-state index is 12.6. The maximum Gasteiger partial charge on any atom is 0.241 e. The number of anilines is 1. The number of hydrogen-bond donors (Lipinski definition) is 0. The fraction of sp³-hybridized carbons (Fsp3) is 0.350.